The number of nitrogens with two attached hydrogens (primary N) is 1. The summed E-state index contributed by atoms with van der Waals surface area (Å²) in [6.45, 7) is 6.60. The number of hydrogen-bond acceptors (Lipinski definition) is 5. The normalized spacial score (nSPS) is 12.9. The van der Waals surface area contributed by atoms with E-state index < -0.39 is 0 Å². The van der Waals surface area contributed by atoms with Gasteiger partial charge in [-0.25, -0.2) is 4.98 Å². The minimum atomic E-state index is -0.265. The Morgan fingerprint density at radius 1 is 1.19 bits per heavy atom. The number of benzene rings is 1. The van der Waals surface area contributed by atoms with Gasteiger partial charge in [0.15, 0.2) is 11.5 Å². The lowest BCUT2D eigenvalue weighted by Crippen LogP contribution is -2.38. The molecule has 2 aromatic rings. The fourth-order valence-corrected chi connectivity index (χ4v) is 2.20. The van der Waals surface area contributed by atoms with Gasteiger partial charge in [-0.15, -0.1) is 0 Å². The number of nitrogens with one attached hydrogen (secondary N) is 1. The lowest BCUT2D eigenvalue weighted by molar-refractivity contribution is -0.125. The van der Waals surface area contributed by atoms with E-state index in [2.05, 4.69) is 10.3 Å². The molecule has 0 spiro atoms. The SMILES string of the molecule is CCCOc1ccccc1Oc1ncccc1CNC(=O)C(C)C(C)N. The topological polar surface area (TPSA) is 86.5 Å². The molecule has 0 radical (unpaired) electrons. The van der Waals surface area contributed by atoms with Gasteiger partial charge in [-0.05, 0) is 31.5 Å². The summed E-state index contributed by atoms with van der Waals surface area (Å²) in [5.41, 5.74) is 6.56. The molecular formula is C20H27N3O3. The van der Waals surface area contributed by atoms with E-state index >= 15 is 0 Å². The fourth-order valence-electron chi connectivity index (χ4n) is 2.20. The summed E-state index contributed by atoms with van der Waals surface area (Å²) < 4.78 is 11.7. The highest BCUT2D eigenvalue weighted by molar-refractivity contribution is 5.78. The first-order valence-electron chi connectivity index (χ1n) is 8.89. The molecule has 2 unspecified atom stereocenters. The zero-order valence-electron chi connectivity index (χ0n) is 15.6. The number of nitrogens with zero attached hydrogens (tertiary/aromatic N) is 1. The molecule has 1 amide bonds. The van der Waals surface area contributed by atoms with Gasteiger partial charge in [-0.3, -0.25) is 4.79 Å². The number of carbonyl (C=O) groups excluding carboxylic acids is 1. The van der Waals surface area contributed by atoms with Gasteiger partial charge in [-0.2, -0.15) is 0 Å². The van der Waals surface area contributed by atoms with Crippen molar-refractivity contribution in [3.05, 3.63) is 48.2 Å². The molecular weight excluding hydrogens is 330 g/mol. The van der Waals surface area contributed by atoms with Gasteiger partial charge < -0.3 is 20.5 Å². The molecule has 6 nitrogen and oxygen atoms in total. The number of hydrogen-bond donors (Lipinski definition) is 2. The summed E-state index contributed by atoms with van der Waals surface area (Å²) in [7, 11) is 0. The lowest BCUT2D eigenvalue weighted by Gasteiger charge is -2.17. The number of aromatic nitrogens is 1. The molecule has 0 bridgehead atoms. The Morgan fingerprint density at radius 2 is 1.92 bits per heavy atom. The van der Waals surface area contributed by atoms with E-state index in [1.807, 2.05) is 57.2 Å². The van der Waals surface area contributed by atoms with Gasteiger partial charge in [0.25, 0.3) is 0 Å². The number of amides is 1. The molecule has 1 heterocycles. The van der Waals surface area contributed by atoms with Crippen molar-refractivity contribution in [2.24, 2.45) is 11.7 Å². The molecule has 6 heteroatoms. The molecule has 0 saturated heterocycles. The first-order chi connectivity index (χ1) is 12.5. The van der Waals surface area contributed by atoms with Crippen LogP contribution in [0.5, 0.6) is 17.4 Å². The van der Waals surface area contributed by atoms with Gasteiger partial charge in [0.1, 0.15) is 0 Å². The van der Waals surface area contributed by atoms with Crippen molar-refractivity contribution in [1.29, 1.82) is 0 Å². The summed E-state index contributed by atoms with van der Waals surface area (Å²) in [4.78, 5) is 16.4. The van der Waals surface area contributed by atoms with Crippen LogP contribution in [-0.2, 0) is 11.3 Å². The van der Waals surface area contributed by atoms with E-state index in [1.165, 1.54) is 0 Å². The van der Waals surface area contributed by atoms with Crippen molar-refractivity contribution >= 4 is 5.91 Å². The van der Waals surface area contributed by atoms with Crippen LogP contribution in [-0.4, -0.2) is 23.5 Å². The van der Waals surface area contributed by atoms with Crippen LogP contribution in [0, 0.1) is 5.92 Å². The minimum absolute atomic E-state index is 0.0958. The Labute approximate surface area is 154 Å². The third-order valence-electron chi connectivity index (χ3n) is 4.02. The molecule has 1 aromatic carbocycles. The second kappa shape index (κ2) is 9.77. The molecule has 0 aliphatic rings. The van der Waals surface area contributed by atoms with Crippen LogP contribution in [0.1, 0.15) is 32.8 Å². The quantitative estimate of drug-likeness (QED) is 0.719. The molecule has 0 saturated carbocycles. The third kappa shape index (κ3) is 5.46. The predicted octanol–water partition coefficient (Wildman–Crippen LogP) is 3.26. The van der Waals surface area contributed by atoms with Gasteiger partial charge in [0.05, 0.1) is 6.61 Å². The summed E-state index contributed by atoms with van der Waals surface area (Å²) in [6, 6.07) is 10.9. The van der Waals surface area contributed by atoms with Crippen LogP contribution in [0.3, 0.4) is 0 Å². The Kier molecular flexibility index (Phi) is 7.41. The van der Waals surface area contributed by atoms with Crippen molar-refractivity contribution < 1.29 is 14.3 Å². The van der Waals surface area contributed by atoms with Gasteiger partial charge in [0, 0.05) is 30.3 Å². The molecule has 0 aliphatic heterocycles. The highest BCUT2D eigenvalue weighted by Gasteiger charge is 2.17. The van der Waals surface area contributed by atoms with Crippen molar-refractivity contribution in [1.82, 2.24) is 10.3 Å². The second-order valence-electron chi connectivity index (χ2n) is 6.23. The van der Waals surface area contributed by atoms with Crippen LogP contribution in [0.2, 0.25) is 0 Å². The number of rotatable bonds is 9. The van der Waals surface area contributed by atoms with E-state index in [1.54, 1.807) is 6.20 Å². The molecule has 0 fully saturated rings. The third-order valence-corrected chi connectivity index (χ3v) is 4.02. The van der Waals surface area contributed by atoms with Crippen molar-refractivity contribution in [2.75, 3.05) is 6.61 Å². The molecule has 2 rings (SSSR count). The summed E-state index contributed by atoms with van der Waals surface area (Å²) in [5.74, 6) is 1.34. The van der Waals surface area contributed by atoms with Gasteiger partial charge in [-0.1, -0.05) is 32.0 Å². The van der Waals surface area contributed by atoms with E-state index in [0.29, 0.717) is 30.5 Å². The largest absolute Gasteiger partial charge is 0.490 e. The lowest BCUT2D eigenvalue weighted by atomic mass is 10.0. The molecule has 3 N–H and O–H groups in total. The van der Waals surface area contributed by atoms with E-state index in [-0.39, 0.29) is 17.9 Å². The maximum absolute atomic E-state index is 12.1. The zero-order valence-corrected chi connectivity index (χ0v) is 15.6. The van der Waals surface area contributed by atoms with Crippen LogP contribution in [0.15, 0.2) is 42.6 Å². The molecule has 140 valence electrons. The first kappa shape index (κ1) is 19.7. The first-order valence-corrected chi connectivity index (χ1v) is 8.89. The maximum atomic E-state index is 12.1. The van der Waals surface area contributed by atoms with Crippen LogP contribution in [0.25, 0.3) is 0 Å². The molecule has 2 atom stereocenters. The van der Waals surface area contributed by atoms with Crippen molar-refractivity contribution in [3.63, 3.8) is 0 Å². The zero-order chi connectivity index (χ0) is 18.9. The van der Waals surface area contributed by atoms with E-state index in [4.69, 9.17) is 15.2 Å². The summed E-state index contributed by atoms with van der Waals surface area (Å²) in [5, 5.41) is 2.88. The Balaban J connectivity index is 2.11. The number of carbonyl (C=O) groups is 1. The Bertz CT molecular complexity index is 719. The van der Waals surface area contributed by atoms with Crippen LogP contribution in [0.4, 0.5) is 0 Å². The number of ether oxygens (including phenoxy) is 2. The fraction of sp³-hybridized carbons (Fsp3) is 0.400. The smallest absolute Gasteiger partial charge is 0.224 e. The van der Waals surface area contributed by atoms with Gasteiger partial charge in [0.2, 0.25) is 11.8 Å². The summed E-state index contributed by atoms with van der Waals surface area (Å²) in [6.07, 6.45) is 2.56. The van der Waals surface area contributed by atoms with Crippen molar-refractivity contribution in [3.8, 4) is 17.4 Å². The van der Waals surface area contributed by atoms with Crippen LogP contribution >= 0.6 is 0 Å². The molecule has 0 aliphatic carbocycles. The average molecular weight is 357 g/mol. The highest BCUT2D eigenvalue weighted by Crippen LogP contribution is 2.31. The summed E-state index contributed by atoms with van der Waals surface area (Å²) >= 11 is 0. The van der Waals surface area contributed by atoms with Gasteiger partial charge >= 0.3 is 0 Å². The monoisotopic (exact) mass is 357 g/mol. The van der Waals surface area contributed by atoms with E-state index in [9.17, 15) is 4.79 Å². The van der Waals surface area contributed by atoms with E-state index in [0.717, 1.165) is 12.0 Å². The standard InChI is InChI=1S/C20H27N3O3/c1-4-12-25-17-9-5-6-10-18(17)26-20-16(8-7-11-22-20)13-23-19(24)14(2)15(3)21/h5-11,14-15H,4,12-13,21H2,1-3H3,(H,23,24). The molecule has 26 heavy (non-hydrogen) atoms. The van der Waals surface area contributed by atoms with Crippen molar-refractivity contribution in [2.45, 2.75) is 39.8 Å². The number of pyridine rings is 1. The predicted molar refractivity (Wildman–Crippen MR) is 101 cm³/mol. The molecule has 1 aromatic heterocycles. The minimum Gasteiger partial charge on any atom is -0.490 e. The number of para-hydroxylation sites is 2. The average Bonchev–Trinajstić information content (AvgIpc) is 2.65. The highest BCUT2D eigenvalue weighted by atomic mass is 16.5. The maximum Gasteiger partial charge on any atom is 0.224 e. The Morgan fingerprint density at radius 3 is 2.62 bits per heavy atom. The Hall–Kier alpha value is -2.60. The second-order valence-corrected chi connectivity index (χ2v) is 6.23. The van der Waals surface area contributed by atoms with Crippen LogP contribution < -0.4 is 20.5 Å².